The lowest BCUT2D eigenvalue weighted by Gasteiger charge is -2.30. The summed E-state index contributed by atoms with van der Waals surface area (Å²) in [6, 6.07) is 7.80. The van der Waals surface area contributed by atoms with Gasteiger partial charge in [0.15, 0.2) is 23.2 Å². The fourth-order valence-corrected chi connectivity index (χ4v) is 10.2. The fourth-order valence-electron chi connectivity index (χ4n) is 8.62. The third-order valence-corrected chi connectivity index (χ3v) is 14.1. The van der Waals surface area contributed by atoms with E-state index in [2.05, 4.69) is 57.1 Å². The third kappa shape index (κ3) is 18.0. The molecule has 22 nitrogen and oxygen atoms in total. The fraction of sp³-hybridized carbons (Fsp3) is 0.688. The van der Waals surface area contributed by atoms with Gasteiger partial charge >= 0.3 is 12.1 Å². The number of fused-ring (bicyclic) bond motifs is 2. The number of hydrogen-bond acceptors (Lipinski definition) is 16. The van der Waals surface area contributed by atoms with Crippen LogP contribution in [-0.2, 0) is 28.5 Å². The molecule has 0 radical (unpaired) electrons. The van der Waals surface area contributed by atoms with E-state index in [0.717, 1.165) is 42.7 Å². The molecule has 0 aliphatic carbocycles. The number of ether oxygens (including phenoxy) is 4. The van der Waals surface area contributed by atoms with Gasteiger partial charge in [0.2, 0.25) is 11.8 Å². The van der Waals surface area contributed by atoms with Crippen molar-refractivity contribution in [2.75, 3.05) is 95.3 Å². The van der Waals surface area contributed by atoms with Gasteiger partial charge in [-0.25, -0.2) is 24.5 Å². The van der Waals surface area contributed by atoms with Crippen LogP contribution in [0.5, 0.6) is 0 Å². The first-order chi connectivity index (χ1) is 34.5. The highest BCUT2D eigenvalue weighted by Crippen LogP contribution is 2.34. The highest BCUT2D eigenvalue weighted by Gasteiger charge is 2.45. The molecule has 6 rings (SSSR count). The Labute approximate surface area is 420 Å². The van der Waals surface area contributed by atoms with Crippen molar-refractivity contribution in [3.63, 3.8) is 0 Å². The highest BCUT2D eigenvalue weighted by molar-refractivity contribution is 8.00. The molecule has 0 unspecified atom stereocenters. The molecule has 2 aromatic heterocycles. The van der Waals surface area contributed by atoms with Gasteiger partial charge in [0, 0.05) is 88.1 Å². The largest absolute Gasteiger partial charge is 0.387 e. The van der Waals surface area contributed by atoms with Crippen LogP contribution in [-0.4, -0.2) is 185 Å². The number of rotatable bonds is 33. The van der Waals surface area contributed by atoms with E-state index in [0.29, 0.717) is 133 Å². The quantitative estimate of drug-likeness (QED) is 0.0313. The Balaban J connectivity index is 0.743. The number of unbranched alkanes of at least 4 members (excludes halogenated alkanes) is 1. The van der Waals surface area contributed by atoms with Crippen LogP contribution in [0.2, 0.25) is 0 Å². The Bertz CT molecular complexity index is 2100. The summed E-state index contributed by atoms with van der Waals surface area (Å²) in [7, 11) is 0. The van der Waals surface area contributed by atoms with Gasteiger partial charge in [-0.2, -0.15) is 11.8 Å². The lowest BCUT2D eigenvalue weighted by molar-refractivity contribution is -0.122. The maximum atomic E-state index is 12.5. The lowest BCUT2D eigenvalue weighted by Crippen LogP contribution is -2.44. The summed E-state index contributed by atoms with van der Waals surface area (Å²) in [6.07, 6.45) is 5.18. The van der Waals surface area contributed by atoms with E-state index in [1.807, 2.05) is 56.8 Å². The van der Waals surface area contributed by atoms with Gasteiger partial charge in [0.05, 0.1) is 44.8 Å². The maximum Gasteiger partial charge on any atom is 0.319 e. The first kappa shape index (κ1) is 55.4. The van der Waals surface area contributed by atoms with Crippen LogP contribution in [0.15, 0.2) is 36.9 Å². The normalized spacial score (nSPS) is 21.6. The second-order valence-electron chi connectivity index (χ2n) is 18.4. The molecule has 23 heteroatoms. The Morgan fingerprint density at radius 1 is 0.831 bits per heavy atom. The molecular weight excluding hydrogens is 937 g/mol. The van der Waals surface area contributed by atoms with Crippen molar-refractivity contribution in [3.8, 4) is 0 Å². The molecule has 3 saturated heterocycles. The summed E-state index contributed by atoms with van der Waals surface area (Å²) in [5.74, 6) is 1.43. The Morgan fingerprint density at radius 2 is 1.51 bits per heavy atom. The minimum absolute atomic E-state index is 0.0603. The van der Waals surface area contributed by atoms with Gasteiger partial charge in [-0.3, -0.25) is 19.1 Å². The van der Waals surface area contributed by atoms with E-state index in [4.69, 9.17) is 18.9 Å². The molecule has 3 aliphatic rings. The summed E-state index contributed by atoms with van der Waals surface area (Å²) < 4.78 is 24.7. The predicted octanol–water partition coefficient (Wildman–Crippen LogP) is 2.66. The molecule has 7 atom stereocenters. The standard InChI is InChI=1S/C48H76N12O10S/c1-32(2)59(21-7-18-52-47(65)56-34-15-13-33(3)14-16-34)28-36-42(63)43(64)46(70-36)60-31-55-41-44(53-30-54-45(41)60)51-17-6-12-39(62)50-20-9-23-68-25-27-69-26-24-67-22-8-19-49-38(61)11-5-4-10-37-40-35(29-71-37)57-48(66)58-40/h13-16,30-32,35-37,40,42-43,46,63-64H,4-12,17-29H2,1-3H3,(H,49,61)(H,50,62)(H,51,53,54)(H2,52,56,65)(H2,57,58,66)/t35-,36+,37-,40-,42+,43+,46+/m0/s1. The number of thioether (sulfide) groups is 1. The zero-order chi connectivity index (χ0) is 50.4. The highest BCUT2D eigenvalue weighted by atomic mass is 32.2. The van der Waals surface area contributed by atoms with Crippen molar-refractivity contribution in [3.05, 3.63) is 42.5 Å². The van der Waals surface area contributed by atoms with Crippen molar-refractivity contribution in [1.29, 1.82) is 0 Å². The van der Waals surface area contributed by atoms with Crippen molar-refractivity contribution < 1.29 is 48.3 Å². The predicted molar refractivity (Wildman–Crippen MR) is 270 cm³/mol. The van der Waals surface area contributed by atoms with E-state index in [9.17, 15) is 29.4 Å². The van der Waals surface area contributed by atoms with Crippen molar-refractivity contribution in [2.24, 2.45) is 0 Å². The smallest absolute Gasteiger partial charge is 0.319 e. The molecule has 394 valence electrons. The Morgan fingerprint density at radius 3 is 2.21 bits per heavy atom. The molecule has 0 spiro atoms. The topological polar surface area (TPSA) is 277 Å². The molecule has 71 heavy (non-hydrogen) atoms. The second-order valence-corrected chi connectivity index (χ2v) is 19.7. The average molecular weight is 1010 g/mol. The Hall–Kier alpha value is -4.88. The molecule has 3 fully saturated rings. The van der Waals surface area contributed by atoms with Gasteiger partial charge in [-0.05, 0) is 71.4 Å². The minimum Gasteiger partial charge on any atom is -0.387 e. The number of amides is 6. The number of nitrogens with one attached hydrogen (secondary N) is 7. The SMILES string of the molecule is Cc1ccc(NC(=O)NCCCN(C[C@H]2O[C@@H](n3cnc4c(NCCCC(=O)NCCCOCCOCCOCCCNC(=O)CCCC[C@@H]5SC[C@@H]6NC(=O)N[C@@H]65)ncnc43)[C@H](O)[C@@H]2O)C(C)C)cc1. The number of imidazole rings is 1. The van der Waals surface area contributed by atoms with Gasteiger partial charge in [0.25, 0.3) is 0 Å². The van der Waals surface area contributed by atoms with Crippen LogP contribution < -0.4 is 37.2 Å². The summed E-state index contributed by atoms with van der Waals surface area (Å²) >= 11 is 1.90. The summed E-state index contributed by atoms with van der Waals surface area (Å²) in [4.78, 5) is 63.9. The summed E-state index contributed by atoms with van der Waals surface area (Å²) in [5, 5.41) is 43.4. The van der Waals surface area contributed by atoms with Gasteiger partial charge < -0.3 is 66.4 Å². The number of aliphatic hydroxyl groups excluding tert-OH is 2. The zero-order valence-corrected chi connectivity index (χ0v) is 42.3. The van der Waals surface area contributed by atoms with Crippen molar-refractivity contribution in [2.45, 2.75) is 126 Å². The van der Waals surface area contributed by atoms with Crippen molar-refractivity contribution >= 4 is 58.3 Å². The molecule has 3 aliphatic heterocycles. The van der Waals surface area contributed by atoms with Crippen LogP contribution in [0.3, 0.4) is 0 Å². The van der Waals surface area contributed by atoms with E-state index in [1.54, 1.807) is 4.57 Å². The number of carbonyl (C=O) groups excluding carboxylic acids is 4. The van der Waals surface area contributed by atoms with Gasteiger partial charge in [-0.15, -0.1) is 0 Å². The van der Waals surface area contributed by atoms with Crippen LogP contribution in [0.4, 0.5) is 21.1 Å². The minimum atomic E-state index is -1.23. The van der Waals surface area contributed by atoms with E-state index >= 15 is 0 Å². The van der Waals surface area contributed by atoms with Crippen LogP contribution in [0.1, 0.15) is 83.4 Å². The lowest BCUT2D eigenvalue weighted by atomic mass is 10.0. The monoisotopic (exact) mass is 1010 g/mol. The zero-order valence-electron chi connectivity index (χ0n) is 41.4. The first-order valence-electron chi connectivity index (χ1n) is 25.2. The number of anilines is 2. The summed E-state index contributed by atoms with van der Waals surface area (Å²) in [6.45, 7) is 11.9. The number of hydrogen-bond donors (Lipinski definition) is 9. The number of aromatic nitrogens is 4. The number of nitrogens with zero attached hydrogens (tertiary/aromatic N) is 5. The van der Waals surface area contributed by atoms with E-state index in [1.165, 1.54) is 12.7 Å². The number of aryl methyl sites for hydroxylation is 1. The molecule has 5 heterocycles. The first-order valence-corrected chi connectivity index (χ1v) is 26.3. The van der Waals surface area contributed by atoms with Crippen molar-refractivity contribution in [1.82, 2.24) is 51.0 Å². The molecular formula is C48H76N12O10S. The molecule has 3 aromatic rings. The van der Waals surface area contributed by atoms with E-state index in [-0.39, 0.29) is 42.0 Å². The van der Waals surface area contributed by atoms with Crippen LogP contribution >= 0.6 is 11.8 Å². The molecule has 0 saturated carbocycles. The molecule has 6 amide bonds. The number of carbonyl (C=O) groups is 4. The summed E-state index contributed by atoms with van der Waals surface area (Å²) in [5.41, 5.74) is 2.73. The molecule has 1 aromatic carbocycles. The number of aliphatic hydroxyl groups is 2. The van der Waals surface area contributed by atoms with Crippen LogP contribution in [0.25, 0.3) is 11.2 Å². The Kier molecular flexibility index (Phi) is 23.1. The number of urea groups is 2. The molecule has 0 bridgehead atoms. The van der Waals surface area contributed by atoms with Gasteiger partial charge in [0.1, 0.15) is 24.6 Å². The third-order valence-electron chi connectivity index (χ3n) is 12.6. The number of benzene rings is 1. The maximum absolute atomic E-state index is 12.5. The van der Waals surface area contributed by atoms with E-state index < -0.39 is 24.5 Å². The van der Waals surface area contributed by atoms with Gasteiger partial charge in [-0.1, -0.05) is 24.1 Å². The average Bonchev–Trinajstić information content (AvgIpc) is 4.12. The molecule has 9 N–H and O–H groups in total. The second kappa shape index (κ2) is 29.6. The van der Waals surface area contributed by atoms with Crippen LogP contribution in [0, 0.1) is 6.92 Å².